The van der Waals surface area contributed by atoms with Gasteiger partial charge in [-0.2, -0.15) is 5.26 Å². The molecule has 0 amide bonds. The minimum absolute atomic E-state index is 0.00200. The molecule has 0 unspecified atom stereocenters. The number of methoxy groups -OCH3 is 1. The van der Waals surface area contributed by atoms with Crippen LogP contribution in [-0.2, 0) is 4.74 Å². The highest BCUT2D eigenvalue weighted by Crippen LogP contribution is 2.38. The number of hydrogen-bond acceptors (Lipinski definition) is 6. The van der Waals surface area contributed by atoms with E-state index in [2.05, 4.69) is 48.8 Å². The zero-order valence-electron chi connectivity index (χ0n) is 19.9. The number of nitrogens with zero attached hydrogens (tertiary/aromatic N) is 4. The molecular formula is C26H38N4O2. The summed E-state index contributed by atoms with van der Waals surface area (Å²) >= 11 is 0. The first kappa shape index (κ1) is 26.0. The lowest BCUT2D eigenvalue weighted by Gasteiger charge is -2.43. The number of aliphatic hydroxyl groups is 1. The Kier molecular flexibility index (Phi) is 11.3. The highest BCUT2D eigenvalue weighted by Gasteiger charge is 2.35. The van der Waals surface area contributed by atoms with Gasteiger partial charge >= 0.3 is 0 Å². The highest BCUT2D eigenvalue weighted by molar-refractivity contribution is 5.36. The van der Waals surface area contributed by atoms with Crippen LogP contribution in [0.4, 0.5) is 0 Å². The van der Waals surface area contributed by atoms with E-state index in [-0.39, 0.29) is 24.6 Å². The number of rotatable bonds is 14. The average molecular weight is 439 g/mol. The van der Waals surface area contributed by atoms with Crippen molar-refractivity contribution in [2.75, 3.05) is 46.5 Å². The average Bonchev–Trinajstić information content (AvgIpc) is 2.84. The van der Waals surface area contributed by atoms with Crippen molar-refractivity contribution in [3.63, 3.8) is 0 Å². The molecule has 6 nitrogen and oxygen atoms in total. The highest BCUT2D eigenvalue weighted by atomic mass is 16.5. The van der Waals surface area contributed by atoms with Crippen molar-refractivity contribution in [1.82, 2.24) is 14.8 Å². The Balaban J connectivity index is 2.68. The largest absolute Gasteiger partial charge is 0.396 e. The summed E-state index contributed by atoms with van der Waals surface area (Å²) in [6.45, 7) is 10.4. The van der Waals surface area contributed by atoms with E-state index in [0.29, 0.717) is 18.7 Å². The standard InChI is InChI=1S/C26H38N4O2/c1-5-14-29(6-2)26(24-12-7-8-13-28-24)25(23-11-9-10-22(17-23)18-27)30(15-16-32-4)19-21(3)20-31/h7-13,17,21,25-26,31H,5-6,14-16,19-20H2,1-4H3/t21-,25+,26+/m1/s1. The molecule has 0 aliphatic carbocycles. The quantitative estimate of drug-likeness (QED) is 0.480. The third-order valence-corrected chi connectivity index (χ3v) is 5.79. The molecule has 3 atom stereocenters. The maximum atomic E-state index is 9.82. The fourth-order valence-corrected chi connectivity index (χ4v) is 4.28. The number of likely N-dealkylation sites (N-methyl/N-ethyl adjacent to an activating group) is 1. The van der Waals surface area contributed by atoms with E-state index in [0.717, 1.165) is 37.3 Å². The van der Waals surface area contributed by atoms with Gasteiger partial charge in [0.25, 0.3) is 0 Å². The van der Waals surface area contributed by atoms with E-state index in [1.54, 1.807) is 7.11 Å². The van der Waals surface area contributed by atoms with E-state index < -0.39 is 0 Å². The number of hydrogen-bond donors (Lipinski definition) is 1. The number of aliphatic hydroxyl groups excluding tert-OH is 1. The second-order valence-corrected chi connectivity index (χ2v) is 8.29. The summed E-state index contributed by atoms with van der Waals surface area (Å²) in [5.41, 5.74) is 2.73. The molecular weight excluding hydrogens is 400 g/mol. The fraction of sp³-hybridized carbons (Fsp3) is 0.538. The Labute approximate surface area is 193 Å². The van der Waals surface area contributed by atoms with Crippen molar-refractivity contribution in [3.8, 4) is 6.07 Å². The molecule has 0 fully saturated rings. The van der Waals surface area contributed by atoms with Gasteiger partial charge in [-0.15, -0.1) is 0 Å². The van der Waals surface area contributed by atoms with E-state index >= 15 is 0 Å². The Hall–Kier alpha value is -2.30. The van der Waals surface area contributed by atoms with E-state index in [1.165, 1.54) is 0 Å². The predicted molar refractivity (Wildman–Crippen MR) is 128 cm³/mol. The summed E-state index contributed by atoms with van der Waals surface area (Å²) < 4.78 is 5.45. The smallest absolute Gasteiger partial charge is 0.0991 e. The summed E-state index contributed by atoms with van der Waals surface area (Å²) in [7, 11) is 1.71. The first-order valence-corrected chi connectivity index (χ1v) is 11.6. The van der Waals surface area contributed by atoms with Gasteiger partial charge in [0.2, 0.25) is 0 Å². The van der Waals surface area contributed by atoms with Gasteiger partial charge < -0.3 is 9.84 Å². The summed E-state index contributed by atoms with van der Waals surface area (Å²) in [5, 5.41) is 19.4. The van der Waals surface area contributed by atoms with Crippen LogP contribution in [0.25, 0.3) is 0 Å². The first-order valence-electron chi connectivity index (χ1n) is 11.6. The minimum Gasteiger partial charge on any atom is -0.396 e. The maximum absolute atomic E-state index is 9.82. The second-order valence-electron chi connectivity index (χ2n) is 8.29. The zero-order valence-corrected chi connectivity index (χ0v) is 19.9. The fourth-order valence-electron chi connectivity index (χ4n) is 4.28. The molecule has 2 rings (SSSR count). The maximum Gasteiger partial charge on any atom is 0.0991 e. The summed E-state index contributed by atoms with van der Waals surface area (Å²) in [6.07, 6.45) is 2.88. The van der Waals surface area contributed by atoms with Gasteiger partial charge in [-0.05, 0) is 55.3 Å². The minimum atomic E-state index is -0.0474. The molecule has 1 heterocycles. The molecule has 174 valence electrons. The predicted octanol–water partition coefficient (Wildman–Crippen LogP) is 4.04. The van der Waals surface area contributed by atoms with Gasteiger partial charge in [0, 0.05) is 33.0 Å². The number of ether oxygens (including phenoxy) is 1. The van der Waals surface area contributed by atoms with Crippen LogP contribution in [0.3, 0.4) is 0 Å². The topological polar surface area (TPSA) is 72.6 Å². The number of benzene rings is 1. The number of nitriles is 1. The van der Waals surface area contributed by atoms with Crippen molar-refractivity contribution in [3.05, 3.63) is 65.5 Å². The van der Waals surface area contributed by atoms with Crippen molar-refractivity contribution in [2.24, 2.45) is 5.92 Å². The number of pyridine rings is 1. The van der Waals surface area contributed by atoms with E-state index in [1.807, 2.05) is 36.5 Å². The summed E-state index contributed by atoms with van der Waals surface area (Å²) in [5.74, 6) is 0.110. The Morgan fingerprint density at radius 3 is 2.50 bits per heavy atom. The Morgan fingerprint density at radius 2 is 1.91 bits per heavy atom. The lowest BCUT2D eigenvalue weighted by Crippen LogP contribution is -2.44. The molecule has 32 heavy (non-hydrogen) atoms. The molecule has 6 heteroatoms. The Morgan fingerprint density at radius 1 is 1.09 bits per heavy atom. The molecule has 0 saturated heterocycles. The first-order chi connectivity index (χ1) is 15.6. The molecule has 1 aromatic carbocycles. The van der Waals surface area contributed by atoms with E-state index in [9.17, 15) is 10.4 Å². The van der Waals surface area contributed by atoms with Crippen LogP contribution in [0.5, 0.6) is 0 Å². The molecule has 0 aliphatic rings. The van der Waals surface area contributed by atoms with Crippen LogP contribution in [0.2, 0.25) is 0 Å². The molecule has 1 aromatic heterocycles. The van der Waals surface area contributed by atoms with E-state index in [4.69, 9.17) is 9.72 Å². The van der Waals surface area contributed by atoms with Gasteiger partial charge in [-0.3, -0.25) is 14.8 Å². The molecule has 1 N–H and O–H groups in total. The van der Waals surface area contributed by atoms with Crippen LogP contribution in [0, 0.1) is 17.2 Å². The van der Waals surface area contributed by atoms with Gasteiger partial charge in [0.15, 0.2) is 0 Å². The van der Waals surface area contributed by atoms with Crippen LogP contribution >= 0.6 is 0 Å². The van der Waals surface area contributed by atoms with Crippen molar-refractivity contribution in [1.29, 1.82) is 5.26 Å². The van der Waals surface area contributed by atoms with Crippen molar-refractivity contribution < 1.29 is 9.84 Å². The van der Waals surface area contributed by atoms with Gasteiger partial charge in [0.05, 0.1) is 36.0 Å². The van der Waals surface area contributed by atoms with Crippen LogP contribution < -0.4 is 0 Å². The Bertz CT molecular complexity index is 824. The molecule has 0 spiro atoms. The lowest BCUT2D eigenvalue weighted by molar-refractivity contribution is 0.0398. The molecule has 0 aliphatic heterocycles. The van der Waals surface area contributed by atoms with Gasteiger partial charge in [0.1, 0.15) is 0 Å². The van der Waals surface area contributed by atoms with Gasteiger partial charge in [-0.1, -0.05) is 39.0 Å². The van der Waals surface area contributed by atoms with Crippen LogP contribution in [0.1, 0.15) is 56.1 Å². The SMILES string of the molecule is CCCN(CC)[C@@H](c1ccccn1)[C@H](c1cccc(C#N)c1)N(CCOC)C[C@@H](C)CO. The number of aromatic nitrogens is 1. The van der Waals surface area contributed by atoms with Crippen LogP contribution in [-0.4, -0.2) is 66.4 Å². The molecule has 0 saturated carbocycles. The van der Waals surface area contributed by atoms with Crippen LogP contribution in [0.15, 0.2) is 48.7 Å². The third kappa shape index (κ3) is 7.11. The monoisotopic (exact) mass is 438 g/mol. The summed E-state index contributed by atoms with van der Waals surface area (Å²) in [4.78, 5) is 9.62. The van der Waals surface area contributed by atoms with Gasteiger partial charge in [-0.25, -0.2) is 0 Å². The molecule has 0 bridgehead atoms. The van der Waals surface area contributed by atoms with Crippen molar-refractivity contribution in [2.45, 2.75) is 39.3 Å². The van der Waals surface area contributed by atoms with Crippen molar-refractivity contribution >= 4 is 0 Å². The third-order valence-electron chi connectivity index (χ3n) is 5.79. The summed E-state index contributed by atoms with van der Waals surface area (Å²) in [6, 6.07) is 16.2. The molecule has 2 aromatic rings. The zero-order chi connectivity index (χ0) is 23.3. The molecule has 0 radical (unpaired) electrons. The second kappa shape index (κ2) is 14.0. The normalized spacial score (nSPS) is 14.3. The lowest BCUT2D eigenvalue weighted by atomic mass is 9.91.